The normalized spacial score (nSPS) is 22.2. The minimum atomic E-state index is 0.574. The monoisotopic (exact) mass is 237 g/mol. The molecule has 2 rings (SSSR count). The topological polar surface area (TPSA) is 46.0 Å². The van der Waals surface area contributed by atoms with E-state index in [0.29, 0.717) is 12.0 Å². The summed E-state index contributed by atoms with van der Waals surface area (Å²) in [6, 6.07) is 0.574. The van der Waals surface area contributed by atoms with Crippen LogP contribution < -0.4 is 5.32 Å². The predicted octanol–water partition coefficient (Wildman–Crippen LogP) is 0.728. The fourth-order valence-electron chi connectivity index (χ4n) is 2.26. The molecule has 1 fully saturated rings. The SMILES string of the molecule is CC(C)Cn1ncnc1CN1CCNC(C)C1. The molecular formula is C12H23N5. The Morgan fingerprint density at radius 3 is 3.06 bits per heavy atom. The van der Waals surface area contributed by atoms with Gasteiger partial charge < -0.3 is 5.32 Å². The summed E-state index contributed by atoms with van der Waals surface area (Å²) < 4.78 is 2.04. The van der Waals surface area contributed by atoms with Crippen LogP contribution in [0.4, 0.5) is 0 Å². The van der Waals surface area contributed by atoms with Crippen LogP contribution in [0.25, 0.3) is 0 Å². The van der Waals surface area contributed by atoms with E-state index in [9.17, 15) is 0 Å². The van der Waals surface area contributed by atoms with Crippen molar-refractivity contribution < 1.29 is 0 Å². The minimum Gasteiger partial charge on any atom is -0.312 e. The summed E-state index contributed by atoms with van der Waals surface area (Å²) >= 11 is 0. The first-order valence-electron chi connectivity index (χ1n) is 6.47. The Hall–Kier alpha value is -0.940. The van der Waals surface area contributed by atoms with Crippen LogP contribution in [0, 0.1) is 5.92 Å². The Balaban J connectivity index is 1.95. The van der Waals surface area contributed by atoms with Gasteiger partial charge in [0.2, 0.25) is 0 Å². The van der Waals surface area contributed by atoms with Crippen LogP contribution in [0.2, 0.25) is 0 Å². The number of aromatic nitrogens is 3. The summed E-state index contributed by atoms with van der Waals surface area (Å²) in [5, 5.41) is 7.76. The molecule has 1 aliphatic heterocycles. The van der Waals surface area contributed by atoms with E-state index in [4.69, 9.17) is 0 Å². The number of nitrogens with one attached hydrogen (secondary N) is 1. The summed E-state index contributed by atoms with van der Waals surface area (Å²) in [5.74, 6) is 1.70. The van der Waals surface area contributed by atoms with Crippen molar-refractivity contribution in [2.45, 2.75) is 39.9 Å². The number of hydrogen-bond donors (Lipinski definition) is 1. The van der Waals surface area contributed by atoms with Crippen molar-refractivity contribution in [3.8, 4) is 0 Å². The van der Waals surface area contributed by atoms with Crippen LogP contribution in [-0.4, -0.2) is 45.3 Å². The summed E-state index contributed by atoms with van der Waals surface area (Å²) in [5.41, 5.74) is 0. The summed E-state index contributed by atoms with van der Waals surface area (Å²) in [7, 11) is 0. The number of nitrogens with zero attached hydrogens (tertiary/aromatic N) is 4. The molecule has 96 valence electrons. The molecule has 1 atom stereocenters. The van der Waals surface area contributed by atoms with Gasteiger partial charge in [0.25, 0.3) is 0 Å². The average Bonchev–Trinajstić information content (AvgIpc) is 2.65. The van der Waals surface area contributed by atoms with E-state index in [-0.39, 0.29) is 0 Å². The Bertz CT molecular complexity index is 346. The number of hydrogen-bond acceptors (Lipinski definition) is 4. The van der Waals surface area contributed by atoms with Gasteiger partial charge in [0.1, 0.15) is 12.2 Å². The van der Waals surface area contributed by atoms with Crippen LogP contribution in [0.3, 0.4) is 0 Å². The van der Waals surface area contributed by atoms with E-state index in [1.807, 2.05) is 4.68 Å². The van der Waals surface area contributed by atoms with Gasteiger partial charge in [-0.1, -0.05) is 13.8 Å². The van der Waals surface area contributed by atoms with E-state index in [2.05, 4.69) is 41.1 Å². The Morgan fingerprint density at radius 1 is 1.53 bits per heavy atom. The lowest BCUT2D eigenvalue weighted by Crippen LogP contribution is -2.48. The first-order chi connectivity index (χ1) is 8.15. The zero-order chi connectivity index (χ0) is 12.3. The van der Waals surface area contributed by atoms with Gasteiger partial charge in [-0.25, -0.2) is 9.67 Å². The maximum Gasteiger partial charge on any atom is 0.141 e. The lowest BCUT2D eigenvalue weighted by Gasteiger charge is -2.31. The summed E-state index contributed by atoms with van der Waals surface area (Å²) in [4.78, 5) is 6.82. The molecular weight excluding hydrogens is 214 g/mol. The highest BCUT2D eigenvalue weighted by Crippen LogP contribution is 2.07. The zero-order valence-electron chi connectivity index (χ0n) is 11.1. The van der Waals surface area contributed by atoms with Crippen LogP contribution >= 0.6 is 0 Å². The van der Waals surface area contributed by atoms with Crippen LogP contribution in [0.15, 0.2) is 6.33 Å². The second kappa shape index (κ2) is 5.60. The molecule has 1 saturated heterocycles. The van der Waals surface area contributed by atoms with Crippen molar-refractivity contribution in [2.24, 2.45) is 5.92 Å². The molecule has 17 heavy (non-hydrogen) atoms. The lowest BCUT2D eigenvalue weighted by atomic mass is 10.2. The molecule has 5 heteroatoms. The van der Waals surface area contributed by atoms with E-state index in [1.165, 1.54) is 0 Å². The van der Waals surface area contributed by atoms with E-state index in [1.54, 1.807) is 6.33 Å². The van der Waals surface area contributed by atoms with Gasteiger partial charge in [-0.15, -0.1) is 0 Å². The van der Waals surface area contributed by atoms with Crippen molar-refractivity contribution >= 4 is 0 Å². The summed E-state index contributed by atoms with van der Waals surface area (Å²) in [6.07, 6.45) is 1.67. The smallest absolute Gasteiger partial charge is 0.141 e. The molecule has 1 aromatic rings. The molecule has 0 saturated carbocycles. The van der Waals surface area contributed by atoms with Gasteiger partial charge in [-0.3, -0.25) is 4.90 Å². The molecule has 0 aromatic carbocycles. The third kappa shape index (κ3) is 3.51. The zero-order valence-corrected chi connectivity index (χ0v) is 11.1. The Labute approximate surface area is 103 Å². The molecule has 5 nitrogen and oxygen atoms in total. The van der Waals surface area contributed by atoms with E-state index >= 15 is 0 Å². The van der Waals surface area contributed by atoms with Gasteiger partial charge in [0, 0.05) is 32.2 Å². The van der Waals surface area contributed by atoms with Crippen molar-refractivity contribution in [3.05, 3.63) is 12.2 Å². The quantitative estimate of drug-likeness (QED) is 0.838. The van der Waals surface area contributed by atoms with Crippen LogP contribution in [0.1, 0.15) is 26.6 Å². The standard InChI is InChI=1S/C12H23N5/c1-10(2)6-17-12(14-9-15-17)8-16-5-4-13-11(3)7-16/h9-11,13H,4-8H2,1-3H3. The first-order valence-corrected chi connectivity index (χ1v) is 6.47. The molecule has 1 N–H and O–H groups in total. The fraction of sp³-hybridized carbons (Fsp3) is 0.833. The van der Waals surface area contributed by atoms with E-state index in [0.717, 1.165) is 38.5 Å². The lowest BCUT2D eigenvalue weighted by molar-refractivity contribution is 0.191. The fourth-order valence-corrected chi connectivity index (χ4v) is 2.26. The van der Waals surface area contributed by atoms with Crippen molar-refractivity contribution in [1.82, 2.24) is 25.0 Å². The maximum atomic E-state index is 4.38. The largest absolute Gasteiger partial charge is 0.312 e. The third-order valence-electron chi connectivity index (χ3n) is 3.05. The van der Waals surface area contributed by atoms with Crippen LogP contribution in [-0.2, 0) is 13.1 Å². The first kappa shape index (κ1) is 12.5. The van der Waals surface area contributed by atoms with Gasteiger partial charge in [0.15, 0.2) is 0 Å². The molecule has 1 aliphatic rings. The predicted molar refractivity (Wildman–Crippen MR) is 67.6 cm³/mol. The highest BCUT2D eigenvalue weighted by molar-refractivity contribution is 4.87. The van der Waals surface area contributed by atoms with Gasteiger partial charge >= 0.3 is 0 Å². The van der Waals surface area contributed by atoms with Crippen molar-refractivity contribution in [2.75, 3.05) is 19.6 Å². The highest BCUT2D eigenvalue weighted by atomic mass is 15.4. The second-order valence-electron chi connectivity index (χ2n) is 5.34. The molecule has 0 bridgehead atoms. The number of rotatable bonds is 4. The molecule has 0 radical (unpaired) electrons. The van der Waals surface area contributed by atoms with Crippen LogP contribution in [0.5, 0.6) is 0 Å². The molecule has 1 unspecified atom stereocenters. The Morgan fingerprint density at radius 2 is 2.35 bits per heavy atom. The molecule has 0 amide bonds. The molecule has 2 heterocycles. The van der Waals surface area contributed by atoms with Crippen molar-refractivity contribution in [3.63, 3.8) is 0 Å². The third-order valence-corrected chi connectivity index (χ3v) is 3.05. The molecule has 0 spiro atoms. The second-order valence-corrected chi connectivity index (χ2v) is 5.34. The highest BCUT2D eigenvalue weighted by Gasteiger charge is 2.17. The van der Waals surface area contributed by atoms with Gasteiger partial charge in [0.05, 0.1) is 6.54 Å². The molecule has 1 aromatic heterocycles. The minimum absolute atomic E-state index is 0.574. The molecule has 0 aliphatic carbocycles. The van der Waals surface area contributed by atoms with Gasteiger partial charge in [-0.05, 0) is 12.8 Å². The Kier molecular flexibility index (Phi) is 4.12. The average molecular weight is 237 g/mol. The van der Waals surface area contributed by atoms with Gasteiger partial charge in [-0.2, -0.15) is 5.10 Å². The van der Waals surface area contributed by atoms with E-state index < -0.39 is 0 Å². The maximum absolute atomic E-state index is 4.38. The summed E-state index contributed by atoms with van der Waals surface area (Å²) in [6.45, 7) is 11.8. The van der Waals surface area contributed by atoms with Crippen molar-refractivity contribution in [1.29, 1.82) is 0 Å². The number of piperazine rings is 1.